The molecule has 0 aliphatic heterocycles. The molecule has 0 radical (unpaired) electrons. The van der Waals surface area contributed by atoms with Crippen molar-refractivity contribution in [2.24, 2.45) is 7.05 Å². The first kappa shape index (κ1) is 16.3. The summed E-state index contributed by atoms with van der Waals surface area (Å²) in [5.74, 6) is 2.21. The van der Waals surface area contributed by atoms with Gasteiger partial charge in [-0.25, -0.2) is 14.5 Å². The Balaban J connectivity index is 1.68. The van der Waals surface area contributed by atoms with Gasteiger partial charge in [-0.3, -0.25) is 4.68 Å². The van der Waals surface area contributed by atoms with Gasteiger partial charge in [0.25, 0.3) is 0 Å². The molecule has 0 saturated carbocycles. The van der Waals surface area contributed by atoms with Gasteiger partial charge >= 0.3 is 0 Å². The second-order valence-electron chi connectivity index (χ2n) is 5.87. The number of aryl methyl sites for hydroxylation is 1. The Morgan fingerprint density at radius 2 is 1.85 bits per heavy atom. The van der Waals surface area contributed by atoms with E-state index in [-0.39, 0.29) is 0 Å². The molecule has 8 heteroatoms. The molecule has 1 aromatic carbocycles. The third-order valence-electron chi connectivity index (χ3n) is 4.08. The smallest absolute Gasteiger partial charge is 0.170 e. The van der Waals surface area contributed by atoms with Crippen LogP contribution in [0.4, 0.5) is 0 Å². The highest BCUT2D eigenvalue weighted by atomic mass is 16.5. The van der Waals surface area contributed by atoms with E-state index >= 15 is 0 Å². The Hall–Kier alpha value is -3.16. The van der Waals surface area contributed by atoms with E-state index < -0.39 is 0 Å². The van der Waals surface area contributed by atoms with E-state index in [9.17, 15) is 0 Å². The van der Waals surface area contributed by atoms with Gasteiger partial charge in [-0.1, -0.05) is 6.07 Å². The average molecular weight is 352 g/mol. The highest BCUT2D eigenvalue weighted by Gasteiger charge is 2.13. The van der Waals surface area contributed by atoms with E-state index in [0.29, 0.717) is 19.6 Å². The minimum absolute atomic E-state index is 0.584. The number of benzene rings is 1. The molecule has 0 spiro atoms. The van der Waals surface area contributed by atoms with Crippen LogP contribution in [0, 0.1) is 0 Å². The molecule has 0 bridgehead atoms. The first-order chi connectivity index (χ1) is 12.7. The van der Waals surface area contributed by atoms with Gasteiger partial charge in [-0.2, -0.15) is 5.10 Å². The van der Waals surface area contributed by atoms with Crippen molar-refractivity contribution in [1.29, 1.82) is 0 Å². The minimum atomic E-state index is 0.584. The second-order valence-corrected chi connectivity index (χ2v) is 5.87. The molecule has 0 N–H and O–H groups in total. The number of rotatable bonds is 6. The average Bonchev–Trinajstić information content (AvgIpc) is 3.20. The molecular weight excluding hydrogens is 332 g/mol. The molecule has 26 heavy (non-hydrogen) atoms. The number of hydrogen-bond acceptors (Lipinski definition) is 6. The van der Waals surface area contributed by atoms with Gasteiger partial charge in [0.05, 0.1) is 24.8 Å². The van der Waals surface area contributed by atoms with Gasteiger partial charge in [0.1, 0.15) is 6.33 Å². The van der Waals surface area contributed by atoms with Crippen molar-refractivity contribution in [3.8, 4) is 11.5 Å². The van der Waals surface area contributed by atoms with Gasteiger partial charge in [0.2, 0.25) is 0 Å². The van der Waals surface area contributed by atoms with Crippen LogP contribution in [-0.2, 0) is 13.5 Å². The highest BCUT2D eigenvalue weighted by molar-refractivity contribution is 5.88. The zero-order chi connectivity index (χ0) is 18.1. The predicted molar refractivity (Wildman–Crippen MR) is 96.6 cm³/mol. The summed E-state index contributed by atoms with van der Waals surface area (Å²) in [6.07, 6.45) is 4.02. The van der Waals surface area contributed by atoms with Crippen LogP contribution in [0.3, 0.4) is 0 Å². The van der Waals surface area contributed by atoms with E-state index in [0.717, 1.165) is 39.6 Å². The maximum atomic E-state index is 5.70. The van der Waals surface area contributed by atoms with Crippen LogP contribution in [0.25, 0.3) is 16.7 Å². The van der Waals surface area contributed by atoms with Gasteiger partial charge in [0.15, 0.2) is 28.6 Å². The standard InChI is InChI=1S/C18H20N6O2/c1-4-25-14-7-6-12(8-15(14)26-5-2)9-16-21-18-13-10-20-23(3)17(13)19-11-24(18)22-16/h6-8,10-11H,4-5,9H2,1-3H3. The van der Waals surface area contributed by atoms with Crippen molar-refractivity contribution in [3.05, 3.63) is 42.1 Å². The predicted octanol–water partition coefficient (Wildman–Crippen LogP) is 2.40. The second kappa shape index (κ2) is 6.62. The van der Waals surface area contributed by atoms with Crippen molar-refractivity contribution < 1.29 is 9.47 Å². The molecule has 0 amide bonds. The maximum absolute atomic E-state index is 5.70. The Kier molecular flexibility index (Phi) is 4.16. The van der Waals surface area contributed by atoms with Gasteiger partial charge in [-0.05, 0) is 31.5 Å². The summed E-state index contributed by atoms with van der Waals surface area (Å²) in [7, 11) is 1.86. The number of nitrogens with zero attached hydrogens (tertiary/aromatic N) is 6. The lowest BCUT2D eigenvalue weighted by atomic mass is 10.1. The summed E-state index contributed by atoms with van der Waals surface area (Å²) in [6, 6.07) is 5.93. The molecule has 0 aliphatic carbocycles. The fraction of sp³-hybridized carbons (Fsp3) is 0.333. The molecule has 0 saturated heterocycles. The van der Waals surface area contributed by atoms with E-state index in [1.807, 2.05) is 39.1 Å². The Morgan fingerprint density at radius 3 is 2.65 bits per heavy atom. The topological polar surface area (TPSA) is 79.4 Å². The molecule has 0 unspecified atom stereocenters. The monoisotopic (exact) mass is 352 g/mol. The summed E-state index contributed by atoms with van der Waals surface area (Å²) >= 11 is 0. The Labute approximate surface area is 150 Å². The first-order valence-electron chi connectivity index (χ1n) is 8.60. The lowest BCUT2D eigenvalue weighted by Gasteiger charge is -2.11. The number of hydrogen-bond donors (Lipinski definition) is 0. The molecule has 3 heterocycles. The lowest BCUT2D eigenvalue weighted by Crippen LogP contribution is -2.00. The molecule has 8 nitrogen and oxygen atoms in total. The van der Waals surface area contributed by atoms with Gasteiger partial charge in [0, 0.05) is 13.5 Å². The number of aromatic nitrogens is 6. The van der Waals surface area contributed by atoms with Crippen LogP contribution >= 0.6 is 0 Å². The normalized spacial score (nSPS) is 11.3. The van der Waals surface area contributed by atoms with Crippen LogP contribution in [0.1, 0.15) is 25.2 Å². The van der Waals surface area contributed by atoms with Gasteiger partial charge in [-0.15, -0.1) is 5.10 Å². The molecule has 0 aliphatic rings. The minimum Gasteiger partial charge on any atom is -0.490 e. The summed E-state index contributed by atoms with van der Waals surface area (Å²) < 4.78 is 14.7. The number of fused-ring (bicyclic) bond motifs is 3. The molecule has 134 valence electrons. The quantitative estimate of drug-likeness (QED) is 0.530. The molecule has 3 aromatic heterocycles. The van der Waals surface area contributed by atoms with Crippen LogP contribution in [0.15, 0.2) is 30.7 Å². The van der Waals surface area contributed by atoms with E-state index in [1.165, 1.54) is 0 Å². The Bertz CT molecular complexity index is 1070. The summed E-state index contributed by atoms with van der Waals surface area (Å²) in [4.78, 5) is 9.05. The highest BCUT2D eigenvalue weighted by Crippen LogP contribution is 2.29. The van der Waals surface area contributed by atoms with Crippen LogP contribution < -0.4 is 9.47 Å². The summed E-state index contributed by atoms with van der Waals surface area (Å²) in [5, 5.41) is 9.66. The van der Waals surface area contributed by atoms with Crippen molar-refractivity contribution >= 4 is 16.7 Å². The van der Waals surface area contributed by atoms with Crippen LogP contribution in [0.5, 0.6) is 11.5 Å². The third-order valence-corrected chi connectivity index (χ3v) is 4.08. The zero-order valence-electron chi connectivity index (χ0n) is 15.0. The van der Waals surface area contributed by atoms with Gasteiger partial charge < -0.3 is 9.47 Å². The van der Waals surface area contributed by atoms with E-state index in [1.54, 1.807) is 21.7 Å². The van der Waals surface area contributed by atoms with Crippen LogP contribution in [0.2, 0.25) is 0 Å². The van der Waals surface area contributed by atoms with Crippen molar-refractivity contribution in [2.45, 2.75) is 20.3 Å². The molecule has 0 atom stereocenters. The molecule has 0 fully saturated rings. The molecule has 4 aromatic rings. The zero-order valence-corrected chi connectivity index (χ0v) is 15.0. The lowest BCUT2D eigenvalue weighted by molar-refractivity contribution is 0.287. The van der Waals surface area contributed by atoms with Crippen molar-refractivity contribution in [3.63, 3.8) is 0 Å². The molecule has 4 rings (SSSR count). The van der Waals surface area contributed by atoms with E-state index in [2.05, 4.69) is 20.2 Å². The SMILES string of the molecule is CCOc1ccc(Cc2nc3c4cnn(C)c4ncn3n2)cc1OCC. The third kappa shape index (κ3) is 2.83. The molecular formula is C18H20N6O2. The van der Waals surface area contributed by atoms with Crippen molar-refractivity contribution in [2.75, 3.05) is 13.2 Å². The van der Waals surface area contributed by atoms with Crippen molar-refractivity contribution in [1.82, 2.24) is 29.4 Å². The largest absolute Gasteiger partial charge is 0.490 e. The number of ether oxygens (including phenoxy) is 2. The fourth-order valence-electron chi connectivity index (χ4n) is 2.95. The fourth-order valence-corrected chi connectivity index (χ4v) is 2.95. The maximum Gasteiger partial charge on any atom is 0.170 e. The Morgan fingerprint density at radius 1 is 1.04 bits per heavy atom. The summed E-state index contributed by atoms with van der Waals surface area (Å²) in [6.45, 7) is 5.10. The van der Waals surface area contributed by atoms with Crippen LogP contribution in [-0.4, -0.2) is 42.6 Å². The van der Waals surface area contributed by atoms with E-state index in [4.69, 9.17) is 9.47 Å². The first-order valence-corrected chi connectivity index (χ1v) is 8.60. The summed E-state index contributed by atoms with van der Waals surface area (Å²) in [5.41, 5.74) is 2.61.